The van der Waals surface area contributed by atoms with E-state index in [9.17, 15) is 0 Å². The molecule has 25 heavy (non-hydrogen) atoms. The van der Waals surface area contributed by atoms with Crippen LogP contribution in [0.5, 0.6) is 5.75 Å². The monoisotopic (exact) mass is 456 g/mol. The van der Waals surface area contributed by atoms with Gasteiger partial charge < -0.3 is 19.9 Å². The first-order chi connectivity index (χ1) is 11.8. The molecule has 136 valence electrons. The third kappa shape index (κ3) is 4.83. The molecule has 0 saturated carbocycles. The fourth-order valence-electron chi connectivity index (χ4n) is 2.91. The number of para-hydroxylation sites is 1. The van der Waals surface area contributed by atoms with Crippen molar-refractivity contribution in [2.75, 3.05) is 14.2 Å². The minimum Gasteiger partial charge on any atom is -0.496 e. The fourth-order valence-corrected chi connectivity index (χ4v) is 2.91. The molecule has 2 aromatic rings. The predicted octanol–water partition coefficient (Wildman–Crippen LogP) is 2.11. The number of rotatable bonds is 5. The molecule has 2 N–H and O–H groups in total. The Bertz CT molecular complexity index is 715. The highest BCUT2D eigenvalue weighted by Crippen LogP contribution is 2.16. The molecule has 2 heterocycles. The molecule has 0 saturated heterocycles. The number of nitrogens with zero attached hydrogens (tertiary/aromatic N) is 4. The van der Waals surface area contributed by atoms with E-state index >= 15 is 0 Å². The lowest BCUT2D eigenvalue weighted by molar-refractivity contribution is 0.409. The number of nitrogens with one attached hydrogen (secondary N) is 2. The van der Waals surface area contributed by atoms with Crippen LogP contribution in [0.25, 0.3) is 0 Å². The second-order valence-electron chi connectivity index (χ2n) is 5.73. The van der Waals surface area contributed by atoms with Crippen LogP contribution in [0.15, 0.2) is 29.3 Å². The summed E-state index contributed by atoms with van der Waals surface area (Å²) in [6.07, 6.45) is 3.42. The lowest BCUT2D eigenvalue weighted by Crippen LogP contribution is -2.37. The zero-order valence-electron chi connectivity index (χ0n) is 14.7. The number of hydrogen-bond acceptors (Lipinski definition) is 4. The Hall–Kier alpha value is -1.84. The highest BCUT2D eigenvalue weighted by atomic mass is 127. The Kier molecular flexibility index (Phi) is 7.48. The first-order valence-electron chi connectivity index (χ1n) is 8.29. The van der Waals surface area contributed by atoms with Crippen LogP contribution in [0.2, 0.25) is 0 Å². The molecule has 0 bridgehead atoms. The molecular formula is C17H25IN6O. The average molecular weight is 456 g/mol. The summed E-state index contributed by atoms with van der Waals surface area (Å²) >= 11 is 0. The summed E-state index contributed by atoms with van der Waals surface area (Å²) in [4.78, 5) is 4.27. The minimum atomic E-state index is 0. The number of methoxy groups -OCH3 is 1. The standard InChI is InChI=1S/C17H24N6O.HI/c1-18-17(19-11-13-7-3-4-8-14(13)24-2)20-12-16-22-21-15-9-5-6-10-23(15)16;/h3-4,7-8H,5-6,9-12H2,1-2H3,(H2,18,19,20);1H. The van der Waals surface area contributed by atoms with Crippen LogP contribution in [-0.4, -0.2) is 34.9 Å². The molecule has 1 aromatic carbocycles. The molecule has 1 aromatic heterocycles. The van der Waals surface area contributed by atoms with Crippen molar-refractivity contribution in [2.45, 2.75) is 38.9 Å². The van der Waals surface area contributed by atoms with E-state index in [-0.39, 0.29) is 24.0 Å². The summed E-state index contributed by atoms with van der Waals surface area (Å²) in [5.74, 6) is 3.65. The van der Waals surface area contributed by atoms with Crippen LogP contribution in [0.4, 0.5) is 0 Å². The summed E-state index contributed by atoms with van der Waals surface area (Å²) in [6.45, 7) is 2.26. The minimum absolute atomic E-state index is 0. The molecule has 0 amide bonds. The zero-order valence-corrected chi connectivity index (χ0v) is 17.0. The van der Waals surface area contributed by atoms with E-state index in [4.69, 9.17) is 4.74 Å². The molecule has 0 atom stereocenters. The fraction of sp³-hybridized carbons (Fsp3) is 0.471. The number of aliphatic imine (C=N–C) groups is 1. The van der Waals surface area contributed by atoms with Gasteiger partial charge in [0.15, 0.2) is 11.8 Å². The smallest absolute Gasteiger partial charge is 0.191 e. The van der Waals surface area contributed by atoms with Crippen molar-refractivity contribution in [1.82, 2.24) is 25.4 Å². The van der Waals surface area contributed by atoms with Gasteiger partial charge in [-0.05, 0) is 18.9 Å². The second kappa shape index (κ2) is 9.59. The van der Waals surface area contributed by atoms with Crippen LogP contribution in [0.3, 0.4) is 0 Å². The van der Waals surface area contributed by atoms with Gasteiger partial charge in [0.1, 0.15) is 11.6 Å². The highest BCUT2D eigenvalue weighted by Gasteiger charge is 2.15. The highest BCUT2D eigenvalue weighted by molar-refractivity contribution is 14.0. The number of aromatic nitrogens is 3. The maximum absolute atomic E-state index is 5.37. The average Bonchev–Trinajstić information content (AvgIpc) is 3.05. The maximum atomic E-state index is 5.37. The first-order valence-corrected chi connectivity index (χ1v) is 8.29. The number of aryl methyl sites for hydroxylation is 1. The van der Waals surface area contributed by atoms with E-state index in [2.05, 4.69) is 30.4 Å². The molecule has 1 aliphatic rings. The van der Waals surface area contributed by atoms with Gasteiger partial charge in [-0.1, -0.05) is 18.2 Å². The topological polar surface area (TPSA) is 76.4 Å². The van der Waals surface area contributed by atoms with Gasteiger partial charge >= 0.3 is 0 Å². The molecule has 8 heteroatoms. The van der Waals surface area contributed by atoms with Gasteiger partial charge in [-0.15, -0.1) is 34.2 Å². The molecule has 0 aliphatic carbocycles. The molecular weight excluding hydrogens is 431 g/mol. The predicted molar refractivity (Wildman–Crippen MR) is 108 cm³/mol. The van der Waals surface area contributed by atoms with Crippen molar-refractivity contribution in [3.63, 3.8) is 0 Å². The molecule has 0 spiro atoms. The third-order valence-corrected chi connectivity index (χ3v) is 4.21. The summed E-state index contributed by atoms with van der Waals surface area (Å²) in [5.41, 5.74) is 1.09. The quantitative estimate of drug-likeness (QED) is 0.410. The van der Waals surface area contributed by atoms with Crippen molar-refractivity contribution in [3.05, 3.63) is 41.5 Å². The molecule has 1 aliphatic heterocycles. The SMILES string of the molecule is CN=C(NCc1ccccc1OC)NCc1nnc2n1CCCC2.I. The van der Waals surface area contributed by atoms with Gasteiger partial charge in [-0.25, -0.2) is 0 Å². The second-order valence-corrected chi connectivity index (χ2v) is 5.73. The van der Waals surface area contributed by atoms with Crippen molar-refractivity contribution in [3.8, 4) is 5.75 Å². The summed E-state index contributed by atoms with van der Waals surface area (Å²) < 4.78 is 7.58. The van der Waals surface area contributed by atoms with Crippen molar-refractivity contribution in [2.24, 2.45) is 4.99 Å². The maximum Gasteiger partial charge on any atom is 0.191 e. The van der Waals surface area contributed by atoms with Crippen molar-refractivity contribution in [1.29, 1.82) is 0 Å². The van der Waals surface area contributed by atoms with E-state index in [0.29, 0.717) is 13.1 Å². The molecule has 3 rings (SSSR count). The molecule has 7 nitrogen and oxygen atoms in total. The van der Waals surface area contributed by atoms with Gasteiger partial charge in [0, 0.05) is 32.1 Å². The zero-order chi connectivity index (χ0) is 16.8. The lowest BCUT2D eigenvalue weighted by Gasteiger charge is -2.16. The normalized spacial score (nSPS) is 13.6. The number of ether oxygens (including phenoxy) is 1. The Morgan fingerprint density at radius 3 is 2.80 bits per heavy atom. The molecule has 0 radical (unpaired) electrons. The number of hydrogen-bond donors (Lipinski definition) is 2. The number of fused-ring (bicyclic) bond motifs is 1. The van der Waals surface area contributed by atoms with Gasteiger partial charge in [0.25, 0.3) is 0 Å². The van der Waals surface area contributed by atoms with Gasteiger partial charge in [-0.3, -0.25) is 4.99 Å². The number of guanidine groups is 1. The van der Waals surface area contributed by atoms with Gasteiger partial charge in [0.05, 0.1) is 13.7 Å². The lowest BCUT2D eigenvalue weighted by atomic mass is 10.2. The van der Waals surface area contributed by atoms with E-state index in [1.165, 1.54) is 12.8 Å². The Balaban J connectivity index is 0.00000225. The summed E-state index contributed by atoms with van der Waals surface area (Å²) in [6, 6.07) is 7.95. The Morgan fingerprint density at radius 1 is 1.20 bits per heavy atom. The Morgan fingerprint density at radius 2 is 2.00 bits per heavy atom. The van der Waals surface area contributed by atoms with Crippen LogP contribution >= 0.6 is 24.0 Å². The summed E-state index contributed by atoms with van der Waals surface area (Å²) in [7, 11) is 3.44. The largest absolute Gasteiger partial charge is 0.496 e. The van der Waals surface area contributed by atoms with Crippen LogP contribution < -0.4 is 15.4 Å². The van der Waals surface area contributed by atoms with E-state index in [0.717, 1.165) is 41.9 Å². The number of benzene rings is 1. The number of halogens is 1. The van der Waals surface area contributed by atoms with Crippen LogP contribution in [0, 0.1) is 0 Å². The molecule has 0 unspecified atom stereocenters. The Labute approximate surface area is 165 Å². The van der Waals surface area contributed by atoms with Crippen LogP contribution in [0.1, 0.15) is 30.1 Å². The van der Waals surface area contributed by atoms with Gasteiger partial charge in [0.2, 0.25) is 0 Å². The van der Waals surface area contributed by atoms with E-state index in [1.54, 1.807) is 14.2 Å². The summed E-state index contributed by atoms with van der Waals surface area (Å²) in [5, 5.41) is 15.2. The van der Waals surface area contributed by atoms with Crippen molar-refractivity contribution >= 4 is 29.9 Å². The van der Waals surface area contributed by atoms with Crippen molar-refractivity contribution < 1.29 is 4.74 Å². The van der Waals surface area contributed by atoms with Gasteiger partial charge in [-0.2, -0.15) is 0 Å². The molecule has 0 fully saturated rings. The third-order valence-electron chi connectivity index (χ3n) is 4.21. The van der Waals surface area contributed by atoms with E-state index < -0.39 is 0 Å². The first kappa shape index (κ1) is 19.5. The van der Waals surface area contributed by atoms with Crippen LogP contribution in [-0.2, 0) is 26.1 Å². The van der Waals surface area contributed by atoms with E-state index in [1.807, 2.05) is 24.3 Å².